The van der Waals surface area contributed by atoms with E-state index in [0.717, 1.165) is 18.4 Å². The van der Waals surface area contributed by atoms with E-state index in [-0.39, 0.29) is 18.9 Å². The van der Waals surface area contributed by atoms with Gasteiger partial charge in [-0.3, -0.25) is 4.79 Å². The summed E-state index contributed by atoms with van der Waals surface area (Å²) in [6, 6.07) is 5.20. The first kappa shape index (κ1) is 15.1. The Morgan fingerprint density at radius 2 is 2.25 bits per heavy atom. The van der Waals surface area contributed by atoms with Crippen LogP contribution in [0, 0.1) is 5.92 Å². The Morgan fingerprint density at radius 3 is 2.80 bits per heavy atom. The number of carbonyl (C=O) groups is 1. The van der Waals surface area contributed by atoms with Crippen molar-refractivity contribution in [3.63, 3.8) is 0 Å². The Bertz CT molecular complexity index is 502. The lowest BCUT2D eigenvalue weighted by atomic mass is 9.96. The van der Waals surface area contributed by atoms with E-state index < -0.39 is 5.54 Å². The highest BCUT2D eigenvalue weighted by Gasteiger charge is 2.42. The monoisotopic (exact) mass is 297 g/mol. The average Bonchev–Trinajstić information content (AvgIpc) is 3.23. The zero-order valence-corrected chi connectivity index (χ0v) is 12.5. The summed E-state index contributed by atoms with van der Waals surface area (Å²) in [5.74, 6) is 0.883. The molecule has 2 N–H and O–H groups in total. The number of amides is 1. The Hall–Kier alpha value is -1.26. The molecule has 1 aliphatic carbocycles. The van der Waals surface area contributed by atoms with Crippen LogP contribution in [0.25, 0.3) is 0 Å². The predicted octanol–water partition coefficient (Wildman–Crippen LogP) is 2.17. The van der Waals surface area contributed by atoms with Crippen LogP contribution in [0.1, 0.15) is 25.3 Å². The van der Waals surface area contributed by atoms with Gasteiger partial charge in [-0.25, -0.2) is 0 Å². The first-order valence-corrected chi connectivity index (χ1v) is 7.10. The van der Waals surface area contributed by atoms with Crippen LogP contribution in [0.2, 0.25) is 5.02 Å². The first-order chi connectivity index (χ1) is 9.48. The van der Waals surface area contributed by atoms with Crippen LogP contribution in [-0.4, -0.2) is 30.3 Å². The van der Waals surface area contributed by atoms with E-state index in [9.17, 15) is 9.90 Å². The van der Waals surface area contributed by atoms with E-state index in [0.29, 0.717) is 16.7 Å². The number of hydrogen-bond acceptors (Lipinski definition) is 3. The number of methoxy groups -OCH3 is 1. The smallest absolute Gasteiger partial charge is 0.225 e. The molecule has 110 valence electrons. The molecular weight excluding hydrogens is 278 g/mol. The maximum atomic E-state index is 12.2. The number of aliphatic hydroxyl groups excluding tert-OH is 1. The summed E-state index contributed by atoms with van der Waals surface area (Å²) in [5.41, 5.74) is 0.219. The summed E-state index contributed by atoms with van der Waals surface area (Å²) < 4.78 is 5.23. The summed E-state index contributed by atoms with van der Waals surface area (Å²) >= 11 is 5.95. The van der Waals surface area contributed by atoms with Crippen molar-refractivity contribution in [2.24, 2.45) is 5.92 Å². The minimum Gasteiger partial charge on any atom is -0.496 e. The summed E-state index contributed by atoms with van der Waals surface area (Å²) in [6.07, 6.45) is 2.29. The van der Waals surface area contributed by atoms with E-state index in [2.05, 4.69) is 5.32 Å². The van der Waals surface area contributed by atoms with E-state index in [1.54, 1.807) is 25.3 Å². The fraction of sp³-hybridized carbons (Fsp3) is 0.533. The Kier molecular flexibility index (Phi) is 4.55. The SMILES string of the molecule is COc1ccc(Cl)cc1CC(=O)NC(C)(CO)C1CC1. The van der Waals surface area contributed by atoms with Crippen molar-refractivity contribution in [1.82, 2.24) is 5.32 Å². The topological polar surface area (TPSA) is 58.6 Å². The van der Waals surface area contributed by atoms with Gasteiger partial charge in [0.2, 0.25) is 5.91 Å². The molecule has 1 atom stereocenters. The molecule has 5 heteroatoms. The van der Waals surface area contributed by atoms with E-state index >= 15 is 0 Å². The molecule has 0 spiro atoms. The van der Waals surface area contributed by atoms with Gasteiger partial charge in [0.15, 0.2) is 0 Å². The highest BCUT2D eigenvalue weighted by molar-refractivity contribution is 6.30. The van der Waals surface area contributed by atoms with Gasteiger partial charge in [0.05, 0.1) is 25.7 Å². The molecule has 20 heavy (non-hydrogen) atoms. The fourth-order valence-corrected chi connectivity index (χ4v) is 2.61. The quantitative estimate of drug-likeness (QED) is 0.846. The molecule has 0 aromatic heterocycles. The van der Waals surface area contributed by atoms with Gasteiger partial charge < -0.3 is 15.2 Å². The van der Waals surface area contributed by atoms with E-state index in [4.69, 9.17) is 16.3 Å². The lowest BCUT2D eigenvalue weighted by Gasteiger charge is -2.29. The number of carbonyl (C=O) groups excluding carboxylic acids is 1. The molecular formula is C15H20ClNO3. The molecule has 1 amide bonds. The second-order valence-electron chi connectivity index (χ2n) is 5.53. The molecule has 1 unspecified atom stereocenters. The molecule has 2 rings (SSSR count). The summed E-state index contributed by atoms with van der Waals surface area (Å²) in [4.78, 5) is 12.2. The lowest BCUT2D eigenvalue weighted by Crippen LogP contribution is -2.51. The standard InChI is InChI=1S/C15H20ClNO3/c1-15(9-18,11-3-4-11)17-14(19)8-10-7-12(16)5-6-13(10)20-2/h5-7,11,18H,3-4,8-9H2,1-2H3,(H,17,19). The van der Waals surface area contributed by atoms with Crippen molar-refractivity contribution in [1.29, 1.82) is 0 Å². The summed E-state index contributed by atoms with van der Waals surface area (Å²) in [6.45, 7) is 1.84. The Balaban J connectivity index is 2.06. The third-order valence-electron chi connectivity index (χ3n) is 3.83. The predicted molar refractivity (Wildman–Crippen MR) is 78.1 cm³/mol. The second-order valence-corrected chi connectivity index (χ2v) is 5.97. The maximum Gasteiger partial charge on any atom is 0.225 e. The number of rotatable bonds is 6. The van der Waals surface area contributed by atoms with Crippen LogP contribution in [0.4, 0.5) is 0 Å². The van der Waals surface area contributed by atoms with Gasteiger partial charge in [-0.1, -0.05) is 11.6 Å². The highest BCUT2D eigenvalue weighted by Crippen LogP contribution is 2.39. The number of ether oxygens (including phenoxy) is 1. The molecule has 1 aliphatic rings. The second kappa shape index (κ2) is 6.02. The molecule has 4 nitrogen and oxygen atoms in total. The van der Waals surface area contributed by atoms with Gasteiger partial charge in [0.25, 0.3) is 0 Å². The minimum atomic E-state index is -0.525. The zero-order chi connectivity index (χ0) is 14.8. The Morgan fingerprint density at radius 1 is 1.55 bits per heavy atom. The van der Waals surface area contributed by atoms with Crippen LogP contribution < -0.4 is 10.1 Å². The van der Waals surface area contributed by atoms with Gasteiger partial charge in [-0.15, -0.1) is 0 Å². The third kappa shape index (κ3) is 3.44. The zero-order valence-electron chi connectivity index (χ0n) is 11.8. The van der Waals surface area contributed by atoms with Crippen LogP contribution >= 0.6 is 11.6 Å². The fourth-order valence-electron chi connectivity index (χ4n) is 2.41. The van der Waals surface area contributed by atoms with Gasteiger partial charge in [0, 0.05) is 10.6 Å². The molecule has 1 fully saturated rings. The van der Waals surface area contributed by atoms with Crippen LogP contribution in [-0.2, 0) is 11.2 Å². The average molecular weight is 298 g/mol. The van der Waals surface area contributed by atoms with Gasteiger partial charge in [-0.05, 0) is 43.9 Å². The molecule has 0 heterocycles. The summed E-state index contributed by atoms with van der Waals surface area (Å²) in [5, 5.41) is 13.0. The van der Waals surface area contributed by atoms with Crippen molar-refractivity contribution in [2.45, 2.75) is 31.7 Å². The van der Waals surface area contributed by atoms with Gasteiger partial charge in [0.1, 0.15) is 5.75 Å². The number of hydrogen-bond donors (Lipinski definition) is 2. The molecule has 1 aromatic carbocycles. The number of benzene rings is 1. The van der Waals surface area contributed by atoms with E-state index in [1.807, 2.05) is 6.92 Å². The van der Waals surface area contributed by atoms with Crippen LogP contribution in [0.5, 0.6) is 5.75 Å². The molecule has 0 radical (unpaired) electrons. The van der Waals surface area contributed by atoms with Crippen LogP contribution in [0.3, 0.4) is 0 Å². The van der Waals surface area contributed by atoms with Crippen molar-refractivity contribution in [3.05, 3.63) is 28.8 Å². The lowest BCUT2D eigenvalue weighted by molar-refractivity contribution is -0.123. The third-order valence-corrected chi connectivity index (χ3v) is 4.06. The number of halogens is 1. The van der Waals surface area contributed by atoms with E-state index in [1.165, 1.54) is 0 Å². The number of aliphatic hydroxyl groups is 1. The minimum absolute atomic E-state index is 0.0455. The van der Waals surface area contributed by atoms with Crippen molar-refractivity contribution < 1.29 is 14.6 Å². The summed E-state index contributed by atoms with van der Waals surface area (Å²) in [7, 11) is 1.56. The largest absolute Gasteiger partial charge is 0.496 e. The molecule has 0 aliphatic heterocycles. The van der Waals surface area contributed by atoms with Crippen LogP contribution in [0.15, 0.2) is 18.2 Å². The van der Waals surface area contributed by atoms with Gasteiger partial charge in [-0.2, -0.15) is 0 Å². The van der Waals surface area contributed by atoms with Crippen molar-refractivity contribution >= 4 is 17.5 Å². The Labute approximate surface area is 124 Å². The van der Waals surface area contributed by atoms with Gasteiger partial charge >= 0.3 is 0 Å². The van der Waals surface area contributed by atoms with Crippen molar-refractivity contribution in [2.75, 3.05) is 13.7 Å². The van der Waals surface area contributed by atoms with Crippen molar-refractivity contribution in [3.8, 4) is 5.75 Å². The maximum absolute atomic E-state index is 12.2. The highest BCUT2D eigenvalue weighted by atomic mass is 35.5. The molecule has 1 saturated carbocycles. The molecule has 0 saturated heterocycles. The molecule has 1 aromatic rings. The first-order valence-electron chi connectivity index (χ1n) is 6.73. The molecule has 0 bridgehead atoms. The number of nitrogens with one attached hydrogen (secondary N) is 1. The normalized spacial score (nSPS) is 17.4.